The number of ether oxygens (including phenoxy) is 4. The molecular weight excluding hydrogens is 931 g/mol. The molecule has 0 aromatic heterocycles. The monoisotopic (exact) mass is 1040 g/mol. The van der Waals surface area contributed by atoms with Crippen LogP contribution in [0.5, 0.6) is 0 Å². The molecular formula is C59H111NO13. The molecule has 0 bridgehead atoms. The Morgan fingerprint density at radius 3 is 1.30 bits per heavy atom. The standard InChI is InChI=1S/C59H111NO13/c1-3-5-7-9-11-13-14-15-16-17-18-19-20-21-22-23-24-25-26-27-28-29-30-31-32-33-34-35-37-39-41-43-51(64)60-47(48(63)42-40-38-36-12-10-8-6-4-2)46-70-58-56(69)54(67)57(50(45-62)72-58)73-59-55(68)53(66)52(65)49(44-61)71-59/h17-18,40,42,47-50,52-59,61-63,65-69H,3-16,19-39,41,43-46H2,1-2H3,(H,60,64)/b18-17-,42-40+. The van der Waals surface area contributed by atoms with E-state index in [0.29, 0.717) is 6.42 Å². The summed E-state index contributed by atoms with van der Waals surface area (Å²) in [7, 11) is 0. The molecule has 2 aliphatic heterocycles. The summed E-state index contributed by atoms with van der Waals surface area (Å²) in [5.74, 6) is -0.239. The highest BCUT2D eigenvalue weighted by atomic mass is 16.7. The first-order valence-corrected chi connectivity index (χ1v) is 30.1. The largest absolute Gasteiger partial charge is 0.394 e. The van der Waals surface area contributed by atoms with Gasteiger partial charge in [-0.15, -0.1) is 0 Å². The number of carbonyl (C=O) groups is 1. The van der Waals surface area contributed by atoms with Crippen LogP contribution in [0.3, 0.4) is 0 Å². The average molecular weight is 1040 g/mol. The second-order valence-corrected chi connectivity index (χ2v) is 21.5. The van der Waals surface area contributed by atoms with Gasteiger partial charge in [-0.1, -0.05) is 224 Å². The smallest absolute Gasteiger partial charge is 0.220 e. The molecule has 2 fully saturated rings. The quantitative estimate of drug-likeness (QED) is 0.0204. The summed E-state index contributed by atoms with van der Waals surface area (Å²) >= 11 is 0. The summed E-state index contributed by atoms with van der Waals surface area (Å²) in [5.41, 5.74) is 0. The molecule has 0 aromatic carbocycles. The molecule has 14 heteroatoms. The van der Waals surface area contributed by atoms with E-state index in [1.54, 1.807) is 6.08 Å². The first kappa shape index (κ1) is 67.6. The van der Waals surface area contributed by atoms with E-state index in [1.807, 2.05) is 6.08 Å². The van der Waals surface area contributed by atoms with Gasteiger partial charge < -0.3 is 65.1 Å². The van der Waals surface area contributed by atoms with Gasteiger partial charge >= 0.3 is 0 Å². The molecule has 0 radical (unpaired) electrons. The molecule has 9 N–H and O–H groups in total. The molecule has 14 nitrogen and oxygen atoms in total. The maximum Gasteiger partial charge on any atom is 0.220 e. The zero-order chi connectivity index (χ0) is 53.2. The highest BCUT2D eigenvalue weighted by Crippen LogP contribution is 2.30. The van der Waals surface area contributed by atoms with E-state index in [9.17, 15) is 45.6 Å². The van der Waals surface area contributed by atoms with E-state index in [-0.39, 0.29) is 18.9 Å². The van der Waals surface area contributed by atoms with E-state index in [1.165, 1.54) is 180 Å². The Morgan fingerprint density at radius 1 is 0.479 bits per heavy atom. The third-order valence-corrected chi connectivity index (χ3v) is 14.9. The molecule has 2 aliphatic rings. The molecule has 2 saturated heterocycles. The summed E-state index contributed by atoms with van der Waals surface area (Å²) < 4.78 is 22.7. The maximum absolute atomic E-state index is 13.2. The van der Waals surface area contributed by atoms with Gasteiger partial charge in [0.15, 0.2) is 12.6 Å². The van der Waals surface area contributed by atoms with Crippen LogP contribution in [0.2, 0.25) is 0 Å². The Hall–Kier alpha value is -1.53. The van der Waals surface area contributed by atoms with E-state index < -0.39 is 86.8 Å². The molecule has 2 rings (SSSR count). The highest BCUT2D eigenvalue weighted by Gasteiger charge is 2.51. The Bertz CT molecular complexity index is 1320. The minimum absolute atomic E-state index is 0.239. The van der Waals surface area contributed by atoms with Gasteiger partial charge in [0, 0.05) is 6.42 Å². The van der Waals surface area contributed by atoms with Crippen molar-refractivity contribution in [3.05, 3.63) is 24.3 Å². The number of allylic oxidation sites excluding steroid dienone is 3. The summed E-state index contributed by atoms with van der Waals surface area (Å²) in [6, 6.07) is -0.909. The molecule has 0 saturated carbocycles. The normalized spacial score (nSPS) is 25.5. The zero-order valence-corrected chi connectivity index (χ0v) is 46.1. The van der Waals surface area contributed by atoms with Gasteiger partial charge in [-0.05, 0) is 44.9 Å². The van der Waals surface area contributed by atoms with Crippen LogP contribution in [0, 0.1) is 0 Å². The topological polar surface area (TPSA) is 228 Å². The lowest BCUT2D eigenvalue weighted by Crippen LogP contribution is -2.65. The molecule has 430 valence electrons. The van der Waals surface area contributed by atoms with Crippen molar-refractivity contribution >= 4 is 5.91 Å². The van der Waals surface area contributed by atoms with Crippen molar-refractivity contribution < 1.29 is 64.6 Å². The van der Waals surface area contributed by atoms with Crippen molar-refractivity contribution in [1.29, 1.82) is 0 Å². The lowest BCUT2D eigenvalue weighted by molar-refractivity contribution is -0.359. The van der Waals surface area contributed by atoms with Crippen LogP contribution in [0.15, 0.2) is 24.3 Å². The second-order valence-electron chi connectivity index (χ2n) is 21.5. The SMILES string of the molecule is CCCCCCCC/C=C/C(O)C(COC1OC(CO)C(OC2OC(CO)C(O)C(O)C2O)C(O)C1O)NC(=O)CCCCCCCCCCCCCCCCCCCCC/C=C\CCCCCCCCCC. The second kappa shape index (κ2) is 45.5. The van der Waals surface area contributed by atoms with Crippen LogP contribution in [0.1, 0.15) is 251 Å². The predicted octanol–water partition coefficient (Wildman–Crippen LogP) is 10.1. The van der Waals surface area contributed by atoms with Crippen molar-refractivity contribution in [3.8, 4) is 0 Å². The molecule has 1 amide bonds. The molecule has 2 heterocycles. The van der Waals surface area contributed by atoms with Crippen molar-refractivity contribution in [2.75, 3.05) is 19.8 Å². The fourth-order valence-electron chi connectivity index (χ4n) is 9.99. The Morgan fingerprint density at radius 2 is 0.863 bits per heavy atom. The number of aliphatic hydroxyl groups excluding tert-OH is 8. The summed E-state index contributed by atoms with van der Waals surface area (Å²) in [4.78, 5) is 13.2. The number of unbranched alkanes of at least 4 members (excludes halogenated alkanes) is 33. The zero-order valence-electron chi connectivity index (χ0n) is 46.1. The third-order valence-electron chi connectivity index (χ3n) is 14.9. The fraction of sp³-hybridized carbons (Fsp3) is 0.915. The van der Waals surface area contributed by atoms with Crippen molar-refractivity contribution in [2.45, 2.75) is 325 Å². The van der Waals surface area contributed by atoms with E-state index in [4.69, 9.17) is 18.9 Å². The van der Waals surface area contributed by atoms with Gasteiger partial charge in [0.05, 0.1) is 32.0 Å². The van der Waals surface area contributed by atoms with Crippen LogP contribution in [-0.4, -0.2) is 140 Å². The van der Waals surface area contributed by atoms with E-state index >= 15 is 0 Å². The fourth-order valence-corrected chi connectivity index (χ4v) is 9.99. The van der Waals surface area contributed by atoms with Gasteiger partial charge in [-0.25, -0.2) is 0 Å². The summed E-state index contributed by atoms with van der Waals surface area (Å²) in [6.07, 6.45) is 37.0. The lowest BCUT2D eigenvalue weighted by Gasteiger charge is -2.46. The van der Waals surface area contributed by atoms with Crippen molar-refractivity contribution in [1.82, 2.24) is 5.32 Å². The summed E-state index contributed by atoms with van der Waals surface area (Å²) in [5, 5.41) is 86.7. The van der Waals surface area contributed by atoms with Gasteiger partial charge in [0.1, 0.15) is 48.8 Å². The Labute approximate surface area is 443 Å². The minimum atomic E-state index is -1.79. The molecule has 0 aliphatic carbocycles. The Balaban J connectivity index is 1.59. The van der Waals surface area contributed by atoms with Gasteiger partial charge in [-0.2, -0.15) is 0 Å². The maximum atomic E-state index is 13.2. The molecule has 12 atom stereocenters. The lowest BCUT2D eigenvalue weighted by atomic mass is 9.97. The van der Waals surface area contributed by atoms with Crippen molar-refractivity contribution in [3.63, 3.8) is 0 Å². The highest BCUT2D eigenvalue weighted by molar-refractivity contribution is 5.76. The van der Waals surface area contributed by atoms with E-state index in [2.05, 4.69) is 31.3 Å². The van der Waals surface area contributed by atoms with Crippen LogP contribution < -0.4 is 5.32 Å². The molecule has 73 heavy (non-hydrogen) atoms. The third kappa shape index (κ3) is 31.5. The average Bonchev–Trinajstić information content (AvgIpc) is 3.39. The number of amides is 1. The van der Waals surface area contributed by atoms with Gasteiger partial charge in [0.2, 0.25) is 5.91 Å². The number of nitrogens with one attached hydrogen (secondary N) is 1. The first-order chi connectivity index (χ1) is 35.6. The van der Waals surface area contributed by atoms with Crippen LogP contribution in [-0.2, 0) is 23.7 Å². The number of aliphatic hydroxyl groups is 8. The predicted molar refractivity (Wildman–Crippen MR) is 291 cm³/mol. The van der Waals surface area contributed by atoms with Gasteiger partial charge in [-0.3, -0.25) is 4.79 Å². The van der Waals surface area contributed by atoms with Crippen molar-refractivity contribution in [2.24, 2.45) is 0 Å². The van der Waals surface area contributed by atoms with Gasteiger partial charge in [0.25, 0.3) is 0 Å². The minimum Gasteiger partial charge on any atom is -0.394 e. The summed E-state index contributed by atoms with van der Waals surface area (Å²) in [6.45, 7) is 2.76. The molecule has 12 unspecified atom stereocenters. The van der Waals surface area contributed by atoms with Crippen LogP contribution in [0.25, 0.3) is 0 Å². The Kier molecular flexibility index (Phi) is 42.1. The number of rotatable bonds is 48. The van der Waals surface area contributed by atoms with E-state index in [0.717, 1.165) is 44.9 Å². The molecule has 0 spiro atoms. The number of carbonyl (C=O) groups excluding carboxylic acids is 1. The molecule has 0 aromatic rings. The van der Waals surface area contributed by atoms with Crippen LogP contribution >= 0.6 is 0 Å². The first-order valence-electron chi connectivity index (χ1n) is 30.1. The number of hydrogen-bond donors (Lipinski definition) is 9. The number of hydrogen-bond acceptors (Lipinski definition) is 13. The van der Waals surface area contributed by atoms with Crippen LogP contribution in [0.4, 0.5) is 0 Å².